The lowest BCUT2D eigenvalue weighted by Gasteiger charge is -2.21. The van der Waals surface area contributed by atoms with E-state index in [0.29, 0.717) is 17.5 Å². The van der Waals surface area contributed by atoms with Gasteiger partial charge >= 0.3 is 0 Å². The lowest BCUT2D eigenvalue weighted by atomic mass is 10.0. The molecule has 0 spiro atoms. The number of hydrogen-bond donors (Lipinski definition) is 2. The van der Waals surface area contributed by atoms with Crippen LogP contribution in [0.2, 0.25) is 0 Å². The van der Waals surface area contributed by atoms with E-state index in [1.54, 1.807) is 0 Å². The first kappa shape index (κ1) is 17.6. The second kappa shape index (κ2) is 8.77. The summed E-state index contributed by atoms with van der Waals surface area (Å²) in [6.45, 7) is 1.29. The van der Waals surface area contributed by atoms with Gasteiger partial charge in [0, 0.05) is 27.5 Å². The highest BCUT2D eigenvalue weighted by atomic mass is 32.2. The van der Waals surface area contributed by atoms with Crippen LogP contribution in [0, 0.1) is 5.92 Å². The summed E-state index contributed by atoms with van der Waals surface area (Å²) in [4.78, 5) is 12.0. The Balaban J connectivity index is 1.47. The molecule has 0 heterocycles. The van der Waals surface area contributed by atoms with Crippen molar-refractivity contribution in [2.24, 2.45) is 5.92 Å². The number of nitrogens with one attached hydrogen (secondary N) is 2. The normalized spacial score (nSPS) is 19.8. The zero-order valence-electron chi connectivity index (χ0n) is 14.3. The summed E-state index contributed by atoms with van der Waals surface area (Å²) in [6.07, 6.45) is 8.46. The van der Waals surface area contributed by atoms with Gasteiger partial charge in [-0.25, -0.2) is 0 Å². The Labute approximate surface area is 147 Å². The minimum absolute atomic E-state index is 0.0128. The molecule has 3 rings (SSSR count). The monoisotopic (exact) mass is 348 g/mol. The van der Waals surface area contributed by atoms with Crippen molar-refractivity contribution < 1.29 is 9.00 Å². The summed E-state index contributed by atoms with van der Waals surface area (Å²) in [5, 5.41) is 6.48. The third-order valence-corrected chi connectivity index (χ3v) is 6.69. The molecule has 4 nitrogen and oxygen atoms in total. The number of amides is 1. The molecule has 1 aromatic rings. The van der Waals surface area contributed by atoms with Gasteiger partial charge in [-0.15, -0.1) is 0 Å². The molecule has 1 amide bonds. The molecule has 2 saturated carbocycles. The SMILES string of the molecule is O=C(CNCC1CC1)Nc1cccc(CS(=O)C2CCCCC2)c1. The average molecular weight is 349 g/mol. The van der Waals surface area contributed by atoms with E-state index >= 15 is 0 Å². The van der Waals surface area contributed by atoms with E-state index in [1.807, 2.05) is 24.3 Å². The van der Waals surface area contributed by atoms with Gasteiger partial charge in [0.15, 0.2) is 0 Å². The first-order chi connectivity index (χ1) is 11.7. The zero-order valence-corrected chi connectivity index (χ0v) is 15.1. The van der Waals surface area contributed by atoms with Crippen LogP contribution in [0.5, 0.6) is 0 Å². The fourth-order valence-electron chi connectivity index (χ4n) is 3.27. The topological polar surface area (TPSA) is 58.2 Å². The van der Waals surface area contributed by atoms with Crippen molar-refractivity contribution in [1.29, 1.82) is 0 Å². The van der Waals surface area contributed by atoms with E-state index in [0.717, 1.165) is 36.6 Å². The average Bonchev–Trinajstić information content (AvgIpc) is 3.40. The predicted octanol–water partition coefficient (Wildman–Crippen LogP) is 3.21. The third kappa shape index (κ3) is 5.71. The van der Waals surface area contributed by atoms with Gasteiger partial charge in [0.05, 0.1) is 6.54 Å². The Hall–Kier alpha value is -1.20. The van der Waals surface area contributed by atoms with E-state index in [1.165, 1.54) is 32.1 Å². The standard InChI is InChI=1S/C19H28N2O2S/c22-19(13-20-12-15-9-10-15)21-17-6-4-5-16(11-17)14-24(23)18-7-2-1-3-8-18/h4-6,11,15,18,20H,1-3,7-10,12-14H2,(H,21,22). The number of carbonyl (C=O) groups excluding carboxylic acids is 1. The van der Waals surface area contributed by atoms with Crippen LogP contribution in [0.15, 0.2) is 24.3 Å². The minimum Gasteiger partial charge on any atom is -0.325 e. The lowest BCUT2D eigenvalue weighted by molar-refractivity contribution is -0.115. The summed E-state index contributed by atoms with van der Waals surface area (Å²) < 4.78 is 12.5. The van der Waals surface area contributed by atoms with Crippen molar-refractivity contribution in [1.82, 2.24) is 5.32 Å². The van der Waals surface area contributed by atoms with E-state index in [4.69, 9.17) is 0 Å². The Morgan fingerprint density at radius 3 is 2.67 bits per heavy atom. The molecule has 2 aliphatic carbocycles. The molecule has 5 heteroatoms. The smallest absolute Gasteiger partial charge is 0.238 e. The van der Waals surface area contributed by atoms with Crippen LogP contribution >= 0.6 is 0 Å². The van der Waals surface area contributed by atoms with Crippen molar-refractivity contribution in [3.05, 3.63) is 29.8 Å². The summed E-state index contributed by atoms with van der Waals surface area (Å²) in [5.41, 5.74) is 1.84. The number of benzene rings is 1. The van der Waals surface area contributed by atoms with Crippen molar-refractivity contribution in [3.8, 4) is 0 Å². The Kier molecular flexibility index (Phi) is 6.44. The second-order valence-corrected chi connectivity index (χ2v) is 8.82. The fourth-order valence-corrected chi connectivity index (χ4v) is 4.87. The Morgan fingerprint density at radius 1 is 1.12 bits per heavy atom. The molecule has 132 valence electrons. The maximum Gasteiger partial charge on any atom is 0.238 e. The van der Waals surface area contributed by atoms with Crippen molar-refractivity contribution in [2.75, 3.05) is 18.4 Å². The van der Waals surface area contributed by atoms with Gasteiger partial charge in [0.1, 0.15) is 0 Å². The first-order valence-corrected chi connectivity index (χ1v) is 10.6. The number of rotatable bonds is 8. The van der Waals surface area contributed by atoms with E-state index < -0.39 is 10.8 Å². The summed E-state index contributed by atoms with van der Waals surface area (Å²) >= 11 is 0. The predicted molar refractivity (Wildman–Crippen MR) is 99.4 cm³/mol. The Morgan fingerprint density at radius 2 is 1.92 bits per heavy atom. The first-order valence-electron chi connectivity index (χ1n) is 9.17. The highest BCUT2D eigenvalue weighted by Gasteiger charge is 2.21. The lowest BCUT2D eigenvalue weighted by Crippen LogP contribution is -2.29. The van der Waals surface area contributed by atoms with E-state index in [9.17, 15) is 9.00 Å². The fraction of sp³-hybridized carbons (Fsp3) is 0.632. The number of hydrogen-bond acceptors (Lipinski definition) is 3. The largest absolute Gasteiger partial charge is 0.325 e. The molecule has 1 aromatic carbocycles. The van der Waals surface area contributed by atoms with Gasteiger partial charge in [-0.3, -0.25) is 9.00 Å². The van der Waals surface area contributed by atoms with Crippen LogP contribution in [0.4, 0.5) is 5.69 Å². The van der Waals surface area contributed by atoms with Crippen LogP contribution in [0.3, 0.4) is 0 Å². The van der Waals surface area contributed by atoms with Crippen molar-refractivity contribution in [2.45, 2.75) is 55.9 Å². The van der Waals surface area contributed by atoms with Gasteiger partial charge in [0.25, 0.3) is 0 Å². The van der Waals surface area contributed by atoms with Crippen LogP contribution in [-0.4, -0.2) is 28.5 Å². The van der Waals surface area contributed by atoms with Gasteiger partial charge in [0.2, 0.25) is 5.91 Å². The molecule has 0 radical (unpaired) electrons. The van der Waals surface area contributed by atoms with E-state index in [2.05, 4.69) is 10.6 Å². The van der Waals surface area contributed by atoms with Gasteiger partial charge in [-0.05, 0) is 55.8 Å². The molecule has 2 N–H and O–H groups in total. The summed E-state index contributed by atoms with van der Waals surface area (Å²) in [6, 6.07) is 7.79. The molecule has 2 aliphatic rings. The molecular formula is C19H28N2O2S. The maximum absolute atomic E-state index is 12.5. The molecule has 24 heavy (non-hydrogen) atoms. The third-order valence-electron chi connectivity index (χ3n) is 4.86. The molecule has 2 fully saturated rings. The van der Waals surface area contributed by atoms with Gasteiger partial charge < -0.3 is 10.6 Å². The van der Waals surface area contributed by atoms with Crippen LogP contribution in [-0.2, 0) is 21.3 Å². The minimum atomic E-state index is -0.807. The van der Waals surface area contributed by atoms with E-state index in [-0.39, 0.29) is 5.91 Å². The number of carbonyl (C=O) groups is 1. The number of anilines is 1. The van der Waals surface area contributed by atoms with Crippen LogP contribution < -0.4 is 10.6 Å². The Bertz CT molecular complexity index is 580. The summed E-state index contributed by atoms with van der Waals surface area (Å²) in [7, 11) is -0.807. The quantitative estimate of drug-likeness (QED) is 0.758. The van der Waals surface area contributed by atoms with Crippen LogP contribution in [0.25, 0.3) is 0 Å². The molecule has 0 bridgehead atoms. The highest BCUT2D eigenvalue weighted by Crippen LogP contribution is 2.27. The van der Waals surface area contributed by atoms with Gasteiger partial charge in [-0.2, -0.15) is 0 Å². The second-order valence-electron chi connectivity index (χ2n) is 7.11. The molecule has 1 unspecified atom stereocenters. The van der Waals surface area contributed by atoms with Crippen molar-refractivity contribution >= 4 is 22.4 Å². The molecule has 0 aliphatic heterocycles. The molecule has 1 atom stereocenters. The van der Waals surface area contributed by atoms with Crippen LogP contribution in [0.1, 0.15) is 50.5 Å². The van der Waals surface area contributed by atoms with Crippen molar-refractivity contribution in [3.63, 3.8) is 0 Å². The maximum atomic E-state index is 12.5. The van der Waals surface area contributed by atoms with Gasteiger partial charge in [-0.1, -0.05) is 31.4 Å². The zero-order chi connectivity index (χ0) is 16.8. The molecule has 0 aromatic heterocycles. The molecule has 0 saturated heterocycles. The molecular weight excluding hydrogens is 320 g/mol. The summed E-state index contributed by atoms with van der Waals surface area (Å²) in [5.74, 6) is 1.35. The highest BCUT2D eigenvalue weighted by molar-refractivity contribution is 7.84.